The number of nitrogen functional groups attached to an aromatic ring is 1. The van der Waals surface area contributed by atoms with Crippen LogP contribution in [0, 0.1) is 0 Å². The second-order valence-corrected chi connectivity index (χ2v) is 8.77. The Kier molecular flexibility index (Phi) is 4.45. The molecule has 0 aliphatic carbocycles. The molecule has 0 aromatic heterocycles. The first kappa shape index (κ1) is 16.1. The van der Waals surface area contributed by atoms with E-state index in [0.29, 0.717) is 6.61 Å². The Bertz CT molecular complexity index is 728. The fraction of sp³-hybridized carbons (Fsp3) is 0.500. The molecule has 0 spiro atoms. The lowest BCUT2D eigenvalue weighted by Crippen LogP contribution is -2.35. The quantitative estimate of drug-likeness (QED) is 0.740. The molecular weight excluding hydrogens is 316 g/mol. The number of ether oxygens (including phenoxy) is 1. The molecule has 1 fully saturated rings. The third kappa shape index (κ3) is 3.86. The first-order valence-corrected chi connectivity index (χ1v) is 9.79. The van der Waals surface area contributed by atoms with Crippen molar-refractivity contribution in [3.63, 3.8) is 0 Å². The zero-order valence-corrected chi connectivity index (χ0v) is 13.2. The van der Waals surface area contributed by atoms with Gasteiger partial charge in [0.15, 0.2) is 9.84 Å². The number of sulfonamides is 1. The van der Waals surface area contributed by atoms with Crippen molar-refractivity contribution in [1.82, 2.24) is 4.72 Å². The standard InChI is InChI=1S/C12H18N2O5S2/c1-2-19-11-4-3-9(13)7-12(11)21(17,18)14-10-5-6-20(15,16)8-10/h3-4,7,10,14H,2,5-6,8,13H2,1H3. The molecule has 2 rings (SSSR count). The summed E-state index contributed by atoms with van der Waals surface area (Å²) in [5.41, 5.74) is 5.92. The van der Waals surface area contributed by atoms with E-state index in [2.05, 4.69) is 4.72 Å². The summed E-state index contributed by atoms with van der Waals surface area (Å²) in [4.78, 5) is -0.0753. The van der Waals surface area contributed by atoms with Gasteiger partial charge in [-0.3, -0.25) is 0 Å². The molecule has 1 aliphatic rings. The minimum atomic E-state index is -3.89. The summed E-state index contributed by atoms with van der Waals surface area (Å²) >= 11 is 0. The molecule has 1 saturated heterocycles. The van der Waals surface area contributed by atoms with Crippen molar-refractivity contribution in [3.8, 4) is 5.75 Å². The number of nitrogens with one attached hydrogen (secondary N) is 1. The fourth-order valence-electron chi connectivity index (χ4n) is 2.18. The minimum absolute atomic E-state index is 0.00453. The van der Waals surface area contributed by atoms with Crippen LogP contribution in [-0.2, 0) is 19.9 Å². The SMILES string of the molecule is CCOc1ccc(N)cc1S(=O)(=O)NC1CCS(=O)(=O)C1. The molecule has 0 saturated carbocycles. The Morgan fingerprint density at radius 2 is 2.14 bits per heavy atom. The van der Waals surface area contributed by atoms with Crippen LogP contribution in [0.4, 0.5) is 5.69 Å². The van der Waals surface area contributed by atoms with Crippen LogP contribution in [0.3, 0.4) is 0 Å². The smallest absolute Gasteiger partial charge is 0.244 e. The highest BCUT2D eigenvalue weighted by molar-refractivity contribution is 7.92. The van der Waals surface area contributed by atoms with Crippen molar-refractivity contribution in [2.45, 2.75) is 24.3 Å². The summed E-state index contributed by atoms with van der Waals surface area (Å²) in [6, 6.07) is 3.72. The maximum absolute atomic E-state index is 12.4. The Hall–Kier alpha value is -1.32. The fourth-order valence-corrected chi connectivity index (χ4v) is 5.41. The normalized spacial score (nSPS) is 21.3. The average molecular weight is 334 g/mol. The molecule has 0 bridgehead atoms. The summed E-state index contributed by atoms with van der Waals surface area (Å²) in [5.74, 6) is 0.00793. The molecule has 1 heterocycles. The van der Waals surface area contributed by atoms with E-state index in [9.17, 15) is 16.8 Å². The van der Waals surface area contributed by atoms with Gasteiger partial charge in [0, 0.05) is 11.7 Å². The van der Waals surface area contributed by atoms with E-state index >= 15 is 0 Å². The van der Waals surface area contributed by atoms with Crippen LogP contribution in [0.2, 0.25) is 0 Å². The van der Waals surface area contributed by atoms with E-state index in [0.717, 1.165) is 0 Å². The van der Waals surface area contributed by atoms with Gasteiger partial charge in [0.05, 0.1) is 18.1 Å². The highest BCUT2D eigenvalue weighted by atomic mass is 32.2. The highest BCUT2D eigenvalue weighted by Gasteiger charge is 2.32. The van der Waals surface area contributed by atoms with Crippen molar-refractivity contribution >= 4 is 25.5 Å². The summed E-state index contributed by atoms with van der Waals surface area (Å²) in [7, 11) is -7.05. The van der Waals surface area contributed by atoms with E-state index in [-0.39, 0.29) is 34.3 Å². The third-order valence-corrected chi connectivity index (χ3v) is 6.42. The summed E-state index contributed by atoms with van der Waals surface area (Å²) in [5, 5.41) is 0. The molecule has 21 heavy (non-hydrogen) atoms. The van der Waals surface area contributed by atoms with Crippen LogP contribution in [-0.4, -0.2) is 41.0 Å². The van der Waals surface area contributed by atoms with E-state index in [1.54, 1.807) is 13.0 Å². The van der Waals surface area contributed by atoms with Crippen LogP contribution >= 0.6 is 0 Å². The van der Waals surface area contributed by atoms with Crippen LogP contribution in [0.25, 0.3) is 0 Å². The van der Waals surface area contributed by atoms with Crippen LogP contribution in [0.5, 0.6) is 5.75 Å². The van der Waals surface area contributed by atoms with Crippen molar-refractivity contribution in [3.05, 3.63) is 18.2 Å². The van der Waals surface area contributed by atoms with Crippen LogP contribution in [0.1, 0.15) is 13.3 Å². The Morgan fingerprint density at radius 1 is 1.43 bits per heavy atom. The van der Waals surface area contributed by atoms with Crippen LogP contribution < -0.4 is 15.2 Å². The number of anilines is 1. The van der Waals surface area contributed by atoms with Crippen molar-refractivity contribution < 1.29 is 21.6 Å². The van der Waals surface area contributed by atoms with Crippen molar-refractivity contribution in [2.24, 2.45) is 0 Å². The third-order valence-electron chi connectivity index (χ3n) is 3.11. The number of rotatable bonds is 5. The van der Waals surface area contributed by atoms with Gasteiger partial charge in [-0.15, -0.1) is 0 Å². The summed E-state index contributed by atoms with van der Waals surface area (Å²) in [6.07, 6.45) is 0.272. The first-order valence-electron chi connectivity index (χ1n) is 6.48. The van der Waals surface area contributed by atoms with Gasteiger partial charge in [0.25, 0.3) is 0 Å². The Morgan fingerprint density at radius 3 is 2.71 bits per heavy atom. The number of sulfone groups is 1. The monoisotopic (exact) mass is 334 g/mol. The predicted octanol–water partition coefficient (Wildman–Crippen LogP) is 0.133. The van der Waals surface area contributed by atoms with Gasteiger partial charge < -0.3 is 10.5 Å². The summed E-state index contributed by atoms with van der Waals surface area (Å²) < 4.78 is 55.3. The number of benzene rings is 1. The first-order chi connectivity index (χ1) is 9.73. The number of hydrogen-bond donors (Lipinski definition) is 2. The van der Waals surface area contributed by atoms with Gasteiger partial charge in [-0.05, 0) is 31.5 Å². The van der Waals surface area contributed by atoms with Gasteiger partial charge in [-0.2, -0.15) is 0 Å². The molecular formula is C12H18N2O5S2. The van der Waals surface area contributed by atoms with Gasteiger partial charge in [-0.1, -0.05) is 0 Å². The number of nitrogens with two attached hydrogens (primary N) is 1. The molecule has 1 aromatic carbocycles. The molecule has 0 amide bonds. The summed E-state index contributed by atoms with van der Waals surface area (Å²) in [6.45, 7) is 2.05. The maximum atomic E-state index is 12.4. The molecule has 3 N–H and O–H groups in total. The zero-order valence-electron chi connectivity index (χ0n) is 11.6. The minimum Gasteiger partial charge on any atom is -0.492 e. The molecule has 1 atom stereocenters. The number of hydrogen-bond acceptors (Lipinski definition) is 6. The molecule has 1 unspecified atom stereocenters. The largest absolute Gasteiger partial charge is 0.492 e. The van der Waals surface area contributed by atoms with E-state index in [1.807, 2.05) is 0 Å². The Labute approximate surface area is 124 Å². The lowest BCUT2D eigenvalue weighted by atomic mass is 10.3. The van der Waals surface area contributed by atoms with E-state index in [1.165, 1.54) is 12.1 Å². The molecule has 9 heteroatoms. The van der Waals surface area contributed by atoms with Crippen molar-refractivity contribution in [1.29, 1.82) is 0 Å². The molecule has 0 radical (unpaired) electrons. The highest BCUT2D eigenvalue weighted by Crippen LogP contribution is 2.27. The van der Waals surface area contributed by atoms with Gasteiger partial charge >= 0.3 is 0 Å². The van der Waals surface area contributed by atoms with Crippen molar-refractivity contribution in [2.75, 3.05) is 23.8 Å². The second kappa shape index (κ2) is 5.82. The molecule has 1 aliphatic heterocycles. The molecule has 1 aromatic rings. The Balaban J connectivity index is 2.29. The maximum Gasteiger partial charge on any atom is 0.244 e. The van der Waals surface area contributed by atoms with Gasteiger partial charge in [-0.25, -0.2) is 21.6 Å². The van der Waals surface area contributed by atoms with Gasteiger partial charge in [0.2, 0.25) is 10.0 Å². The average Bonchev–Trinajstić information content (AvgIpc) is 2.70. The van der Waals surface area contributed by atoms with E-state index < -0.39 is 25.9 Å². The zero-order chi connectivity index (χ0) is 15.7. The lowest BCUT2D eigenvalue weighted by Gasteiger charge is -2.15. The molecule has 7 nitrogen and oxygen atoms in total. The molecule has 118 valence electrons. The predicted molar refractivity (Wildman–Crippen MR) is 79.4 cm³/mol. The lowest BCUT2D eigenvalue weighted by molar-refractivity contribution is 0.331. The van der Waals surface area contributed by atoms with E-state index in [4.69, 9.17) is 10.5 Å². The topological polar surface area (TPSA) is 116 Å². The van der Waals surface area contributed by atoms with Crippen LogP contribution in [0.15, 0.2) is 23.1 Å². The second-order valence-electron chi connectivity index (χ2n) is 4.86. The van der Waals surface area contributed by atoms with Gasteiger partial charge in [0.1, 0.15) is 10.6 Å².